The van der Waals surface area contributed by atoms with Crippen LogP contribution in [0.4, 0.5) is 4.39 Å². The zero-order valence-electron chi connectivity index (χ0n) is 15.9. The average molecular weight is 526 g/mol. The van der Waals surface area contributed by atoms with E-state index >= 15 is 0 Å². The zero-order chi connectivity index (χ0) is 19.7. The van der Waals surface area contributed by atoms with Crippen LogP contribution in [0.15, 0.2) is 29.3 Å². The van der Waals surface area contributed by atoms with E-state index in [1.54, 1.807) is 18.2 Å². The van der Waals surface area contributed by atoms with Crippen molar-refractivity contribution < 1.29 is 17.6 Å². The standard InChI is InChI=1S/C18H27FN4O3S.HI/c1-2-20-18(21-10-7-14-5-3-4-6-16(14)19)22-11-8-17(24)23-15-9-12-27(25,26)13-15;/h3-6,15H,2,7-13H2,1H3,(H,23,24)(H2,20,21,22);1H. The van der Waals surface area contributed by atoms with Gasteiger partial charge in [0, 0.05) is 25.6 Å². The Bertz CT molecular complexity index is 774. The van der Waals surface area contributed by atoms with E-state index in [1.807, 2.05) is 6.92 Å². The number of nitrogens with zero attached hydrogens (tertiary/aromatic N) is 1. The normalized spacial score (nSPS) is 18.2. The molecule has 2 rings (SSSR count). The molecule has 0 saturated carbocycles. The number of halogens is 2. The first-order valence-corrected chi connectivity index (χ1v) is 11.0. The fraction of sp³-hybridized carbons (Fsp3) is 0.556. The van der Waals surface area contributed by atoms with Crippen molar-refractivity contribution in [3.05, 3.63) is 35.6 Å². The highest BCUT2D eigenvalue weighted by molar-refractivity contribution is 14.0. The molecule has 1 atom stereocenters. The van der Waals surface area contributed by atoms with E-state index in [9.17, 15) is 17.6 Å². The van der Waals surface area contributed by atoms with Gasteiger partial charge in [0.25, 0.3) is 0 Å². The first kappa shape index (κ1) is 24.6. The topological polar surface area (TPSA) is 99.7 Å². The van der Waals surface area contributed by atoms with Gasteiger partial charge >= 0.3 is 0 Å². The van der Waals surface area contributed by atoms with Gasteiger partial charge in [0.2, 0.25) is 5.91 Å². The molecule has 0 aliphatic carbocycles. The molecule has 0 aromatic heterocycles. The van der Waals surface area contributed by atoms with E-state index < -0.39 is 9.84 Å². The molecule has 1 aliphatic rings. The average Bonchev–Trinajstić information content (AvgIpc) is 2.95. The number of rotatable bonds is 8. The third kappa shape index (κ3) is 8.72. The minimum atomic E-state index is -3.01. The van der Waals surface area contributed by atoms with Crippen molar-refractivity contribution >= 4 is 45.7 Å². The highest BCUT2D eigenvalue weighted by Gasteiger charge is 2.28. The monoisotopic (exact) mass is 526 g/mol. The van der Waals surface area contributed by atoms with Gasteiger partial charge in [-0.3, -0.25) is 9.79 Å². The Kier molecular flexibility index (Phi) is 10.7. The zero-order valence-corrected chi connectivity index (χ0v) is 19.1. The first-order valence-electron chi connectivity index (χ1n) is 9.15. The van der Waals surface area contributed by atoms with Crippen molar-refractivity contribution in [2.24, 2.45) is 4.99 Å². The number of aliphatic imine (C=N–C) groups is 1. The number of carbonyl (C=O) groups excluding carboxylic acids is 1. The fourth-order valence-corrected chi connectivity index (χ4v) is 4.51. The summed E-state index contributed by atoms with van der Waals surface area (Å²) in [7, 11) is -3.01. The maximum absolute atomic E-state index is 13.6. The van der Waals surface area contributed by atoms with Gasteiger partial charge in [0.1, 0.15) is 5.82 Å². The SMILES string of the molecule is CCNC(=NCCC(=O)NC1CCS(=O)(=O)C1)NCCc1ccccc1F.I. The molecule has 10 heteroatoms. The number of nitrogens with one attached hydrogen (secondary N) is 3. The van der Waals surface area contributed by atoms with Crippen LogP contribution in [0.3, 0.4) is 0 Å². The Labute approximate surface area is 182 Å². The predicted molar refractivity (Wildman–Crippen MR) is 119 cm³/mol. The molecule has 1 amide bonds. The van der Waals surface area contributed by atoms with E-state index in [2.05, 4.69) is 20.9 Å². The minimum Gasteiger partial charge on any atom is -0.357 e. The molecule has 158 valence electrons. The Morgan fingerprint density at radius 1 is 1.29 bits per heavy atom. The summed E-state index contributed by atoms with van der Waals surface area (Å²) in [5, 5.41) is 8.93. The molecular formula is C18H28FIN4O3S. The van der Waals surface area contributed by atoms with E-state index in [-0.39, 0.29) is 66.2 Å². The van der Waals surface area contributed by atoms with E-state index in [0.29, 0.717) is 37.5 Å². The van der Waals surface area contributed by atoms with E-state index in [4.69, 9.17) is 0 Å². The molecule has 28 heavy (non-hydrogen) atoms. The molecule has 1 unspecified atom stereocenters. The van der Waals surface area contributed by atoms with Crippen molar-refractivity contribution in [1.29, 1.82) is 0 Å². The van der Waals surface area contributed by atoms with Crippen molar-refractivity contribution in [3.8, 4) is 0 Å². The van der Waals surface area contributed by atoms with Gasteiger partial charge in [-0.1, -0.05) is 18.2 Å². The Balaban J connectivity index is 0.00000392. The Hall–Kier alpha value is -1.43. The maximum atomic E-state index is 13.6. The minimum absolute atomic E-state index is 0. The summed E-state index contributed by atoms with van der Waals surface area (Å²) in [6.45, 7) is 3.39. The summed E-state index contributed by atoms with van der Waals surface area (Å²) in [4.78, 5) is 16.3. The number of carbonyl (C=O) groups is 1. The molecule has 0 bridgehead atoms. The molecule has 1 heterocycles. The molecule has 1 aromatic rings. The van der Waals surface area contributed by atoms with E-state index in [0.717, 1.165) is 0 Å². The van der Waals surface area contributed by atoms with Crippen LogP contribution in [-0.2, 0) is 21.1 Å². The van der Waals surface area contributed by atoms with Crippen molar-refractivity contribution in [2.75, 3.05) is 31.1 Å². The summed E-state index contributed by atoms with van der Waals surface area (Å²) in [5.41, 5.74) is 0.631. The van der Waals surface area contributed by atoms with Crippen molar-refractivity contribution in [2.45, 2.75) is 32.2 Å². The summed E-state index contributed by atoms with van der Waals surface area (Å²) >= 11 is 0. The Morgan fingerprint density at radius 2 is 2.04 bits per heavy atom. The number of benzene rings is 1. The molecule has 1 aliphatic heterocycles. The lowest BCUT2D eigenvalue weighted by Gasteiger charge is -2.12. The molecule has 7 nitrogen and oxygen atoms in total. The third-order valence-corrected chi connectivity index (χ3v) is 5.96. The van der Waals surface area contributed by atoms with Crippen LogP contribution >= 0.6 is 24.0 Å². The predicted octanol–water partition coefficient (Wildman–Crippen LogP) is 1.23. The first-order chi connectivity index (χ1) is 12.9. The second-order valence-electron chi connectivity index (χ2n) is 6.45. The van der Waals surface area contributed by atoms with Crippen LogP contribution in [0.2, 0.25) is 0 Å². The fourth-order valence-electron chi connectivity index (χ4n) is 2.84. The largest absolute Gasteiger partial charge is 0.357 e. The number of hydrogen-bond acceptors (Lipinski definition) is 4. The number of sulfone groups is 1. The lowest BCUT2D eigenvalue weighted by atomic mass is 10.1. The summed E-state index contributed by atoms with van der Waals surface area (Å²) in [5.74, 6) is 0.273. The van der Waals surface area contributed by atoms with Crippen LogP contribution < -0.4 is 16.0 Å². The van der Waals surface area contributed by atoms with Gasteiger partial charge in [-0.05, 0) is 31.4 Å². The maximum Gasteiger partial charge on any atom is 0.222 e. The molecule has 1 saturated heterocycles. The molecule has 0 spiro atoms. The van der Waals surface area contributed by atoms with Gasteiger partial charge in [-0.15, -0.1) is 24.0 Å². The lowest BCUT2D eigenvalue weighted by molar-refractivity contribution is -0.121. The second-order valence-corrected chi connectivity index (χ2v) is 8.68. The summed E-state index contributed by atoms with van der Waals surface area (Å²) in [6.07, 6.45) is 1.17. The second kappa shape index (κ2) is 12.2. The quantitative estimate of drug-likeness (QED) is 0.269. The summed E-state index contributed by atoms with van der Waals surface area (Å²) < 4.78 is 36.4. The number of amides is 1. The number of hydrogen-bond donors (Lipinski definition) is 3. The van der Waals surface area contributed by atoms with Crippen molar-refractivity contribution in [3.63, 3.8) is 0 Å². The Morgan fingerprint density at radius 3 is 2.68 bits per heavy atom. The van der Waals surface area contributed by atoms with Crippen LogP contribution in [-0.4, -0.2) is 57.5 Å². The lowest BCUT2D eigenvalue weighted by Crippen LogP contribution is -2.39. The molecule has 0 radical (unpaired) electrons. The highest BCUT2D eigenvalue weighted by Crippen LogP contribution is 2.11. The van der Waals surface area contributed by atoms with E-state index in [1.165, 1.54) is 6.07 Å². The van der Waals surface area contributed by atoms with Gasteiger partial charge < -0.3 is 16.0 Å². The van der Waals surface area contributed by atoms with Gasteiger partial charge in [0.15, 0.2) is 15.8 Å². The molecule has 1 fully saturated rings. The van der Waals surface area contributed by atoms with Crippen LogP contribution in [0.5, 0.6) is 0 Å². The number of guanidine groups is 1. The third-order valence-electron chi connectivity index (χ3n) is 4.20. The van der Waals surface area contributed by atoms with Crippen LogP contribution in [0.25, 0.3) is 0 Å². The molecular weight excluding hydrogens is 498 g/mol. The smallest absolute Gasteiger partial charge is 0.222 e. The van der Waals surface area contributed by atoms with Gasteiger partial charge in [-0.2, -0.15) is 0 Å². The van der Waals surface area contributed by atoms with Crippen LogP contribution in [0, 0.1) is 5.82 Å². The van der Waals surface area contributed by atoms with Gasteiger partial charge in [0.05, 0.1) is 18.1 Å². The molecule has 1 aromatic carbocycles. The highest BCUT2D eigenvalue weighted by atomic mass is 127. The summed E-state index contributed by atoms with van der Waals surface area (Å²) in [6, 6.07) is 6.34. The van der Waals surface area contributed by atoms with Crippen molar-refractivity contribution in [1.82, 2.24) is 16.0 Å². The van der Waals surface area contributed by atoms with Gasteiger partial charge in [-0.25, -0.2) is 12.8 Å². The van der Waals surface area contributed by atoms with Crippen LogP contribution in [0.1, 0.15) is 25.3 Å². The molecule has 3 N–H and O–H groups in total.